The predicted molar refractivity (Wildman–Crippen MR) is 551 cm³/mol. The van der Waals surface area contributed by atoms with Gasteiger partial charge in [0.2, 0.25) is 28.0 Å². The molecule has 1 aliphatic heterocycles. The molecule has 0 fully saturated rings. The molecule has 6 N–H and O–H groups in total. The number of carbonyl (C=O) groups excluding carboxylic acids is 6. The van der Waals surface area contributed by atoms with Gasteiger partial charge in [-0.2, -0.15) is 10.1 Å². The van der Waals surface area contributed by atoms with Crippen LogP contribution in [-0.2, 0) is 49.0 Å². The van der Waals surface area contributed by atoms with Crippen LogP contribution in [0.5, 0.6) is 5.75 Å². The van der Waals surface area contributed by atoms with Gasteiger partial charge < -0.3 is 50.7 Å². The molecule has 1 aromatic heterocycles. The summed E-state index contributed by atoms with van der Waals surface area (Å²) in [4.78, 5) is 134. The van der Waals surface area contributed by atoms with Gasteiger partial charge >= 0.3 is 0 Å². The minimum absolute atomic E-state index is 0.111. The van der Waals surface area contributed by atoms with Gasteiger partial charge in [-0.1, -0.05) is 262 Å². The highest BCUT2D eigenvalue weighted by molar-refractivity contribution is 7.88. The maximum absolute atomic E-state index is 14.9. The Labute approximate surface area is 806 Å². The van der Waals surface area contributed by atoms with Gasteiger partial charge in [0.1, 0.15) is 30.5 Å². The number of aromatic nitrogens is 2. The van der Waals surface area contributed by atoms with Crippen LogP contribution in [0.1, 0.15) is 288 Å². The average molecular weight is 1890 g/mol. The minimum atomic E-state index is -3.37. The minimum Gasteiger partial charge on any atom is -0.465 e. The lowest BCUT2D eigenvalue weighted by Crippen LogP contribution is -2.57. The van der Waals surface area contributed by atoms with E-state index in [-0.39, 0.29) is 94.6 Å². The van der Waals surface area contributed by atoms with E-state index in [9.17, 15) is 42.0 Å². The van der Waals surface area contributed by atoms with Crippen molar-refractivity contribution in [3.8, 4) is 5.75 Å². The number of hydroxylamine groups is 2. The number of anilines is 7. The molecule has 1 atom stereocenters. The van der Waals surface area contributed by atoms with Crippen LogP contribution >= 0.6 is 11.6 Å². The predicted octanol–water partition coefficient (Wildman–Crippen LogP) is 23.0. The fourth-order valence-corrected chi connectivity index (χ4v) is 16.7. The Hall–Kier alpha value is -11.2. The van der Waals surface area contributed by atoms with E-state index < -0.39 is 50.9 Å². The number of sulfonamides is 1. The number of likely N-dealkylation sites (N-methyl/N-ethyl adjacent to an activating group) is 1. The molecule has 732 valence electrons. The first kappa shape index (κ1) is 109. The summed E-state index contributed by atoms with van der Waals surface area (Å²) in [5.41, 5.74) is 5.67. The van der Waals surface area contributed by atoms with Crippen molar-refractivity contribution < 1.29 is 56.3 Å². The average Bonchev–Trinajstić information content (AvgIpc) is 0.747. The standard InChI is InChI=1S/C56H85N7O8S.C50H62ClN7O5/c1-13-18-19-20-21-22-23-24-25-26-35-70-63-51(61-53(65)56(15-3,16-4)54(63)66)50(59-46-31-30-44(37-42(46)8)62(17-5)34-33-58-72(12,67)68)52(64)60-47-38-43(29-28-41(47)7)57-39-69-49(14-2)71-48-32-27-40(6)36-45(48)55(9,10)11;1-5-8-9-10-11-12-13-14-15-16-17-18-22-32-44(59)52-42-31-25-28-38-45(42)56-47(58(63-4)50(38)62)46(49(61)54-40-30-24-23-29-39(40)51)53-41-34-33-37(57(6-2)7-3)35-43(41)55-48(60)36-26-20-19-21-27-36/h27-32,36-38,49,57-58H,13-26,33-35,39H2,1-12H3,(H,60,64);19-21,23-31,33-35H,5-18,22,32H2,1-4H3,(H,52,59)(H,54,61)(H,55,60). The molecule has 2 heterocycles. The number of benzene rings is 7. The number of aliphatic imine (C=N–C) groups is 3. The molecule has 6 amide bonds. The number of nitrogens with zero attached hydrogens (tertiary/aromatic N) is 8. The maximum atomic E-state index is 14.9. The van der Waals surface area contributed by atoms with E-state index in [1.807, 2.05) is 95.0 Å². The lowest BCUT2D eigenvalue weighted by molar-refractivity contribution is -0.179. The molecule has 27 nitrogen and oxygen atoms in total. The molecule has 0 saturated carbocycles. The molecular formula is C106H147ClN14O13S. The first-order valence-electron chi connectivity index (χ1n) is 48.8. The smallest absolute Gasteiger partial charge is 0.294 e. The van der Waals surface area contributed by atoms with Gasteiger partial charge in [0, 0.05) is 73.9 Å². The Morgan fingerprint density at radius 3 is 1.73 bits per heavy atom. The van der Waals surface area contributed by atoms with Gasteiger partial charge in [0.25, 0.3) is 35.1 Å². The monoisotopic (exact) mass is 1890 g/mol. The Morgan fingerprint density at radius 2 is 1.14 bits per heavy atom. The number of hydrogen-bond donors (Lipinski definition) is 6. The van der Waals surface area contributed by atoms with E-state index in [0.717, 1.165) is 94.8 Å². The van der Waals surface area contributed by atoms with Crippen LogP contribution < -0.4 is 56.2 Å². The second kappa shape index (κ2) is 55.8. The zero-order valence-electron chi connectivity index (χ0n) is 82.6. The number of hydrogen-bond acceptors (Lipinski definition) is 19. The number of rotatable bonds is 56. The molecule has 9 rings (SSSR count). The van der Waals surface area contributed by atoms with Crippen LogP contribution in [-0.4, -0.2) is 142 Å². The zero-order valence-corrected chi connectivity index (χ0v) is 84.2. The summed E-state index contributed by atoms with van der Waals surface area (Å²) < 4.78 is 39.6. The van der Waals surface area contributed by atoms with Gasteiger partial charge in [-0.25, -0.2) is 28.1 Å². The fourth-order valence-electron chi connectivity index (χ4n) is 16.1. The van der Waals surface area contributed by atoms with Crippen molar-refractivity contribution in [2.45, 2.75) is 282 Å². The second-order valence-electron chi connectivity index (χ2n) is 35.5. The zero-order chi connectivity index (χ0) is 98.0. The van der Waals surface area contributed by atoms with Crippen molar-refractivity contribution in [3.63, 3.8) is 0 Å². The summed E-state index contributed by atoms with van der Waals surface area (Å²) in [7, 11) is -2.08. The van der Waals surface area contributed by atoms with Gasteiger partial charge in [-0.3, -0.25) is 38.4 Å². The summed E-state index contributed by atoms with van der Waals surface area (Å²) >= 11 is 6.48. The van der Waals surface area contributed by atoms with Crippen LogP contribution in [0.4, 0.5) is 51.2 Å². The first-order valence-corrected chi connectivity index (χ1v) is 51.0. The molecule has 135 heavy (non-hydrogen) atoms. The lowest BCUT2D eigenvalue weighted by Gasteiger charge is -2.37. The number of para-hydroxylation sites is 2. The van der Waals surface area contributed by atoms with Crippen LogP contribution in [0.2, 0.25) is 5.02 Å². The summed E-state index contributed by atoms with van der Waals surface area (Å²) in [5.74, 6) is -3.07. The van der Waals surface area contributed by atoms with Crippen LogP contribution in [0.3, 0.4) is 0 Å². The SMILES string of the molecule is CCCCCCCCCCCCCCCC(=O)Nc1cccc2c(=O)n(OC)c(C(=Nc3ccc(N(CC)CC)cc3NC(=O)c3ccccc3)C(=O)Nc3ccccc3Cl)nc12.CCCCCCCCCCCCON1C(=O)C(CC)(CC)C(=O)N=C1C(=Nc1ccc(N(CC)CCNS(C)(=O)=O)cc1C)C(=O)Nc1cc(NCOC(CC)Oc2ccc(C)cc2C(C)(C)C)ccc1C. The van der Waals surface area contributed by atoms with E-state index in [1.165, 1.54) is 103 Å². The van der Waals surface area contributed by atoms with E-state index in [2.05, 4.69) is 88.8 Å². The number of aryl methyl sites for hydroxylation is 3. The summed E-state index contributed by atoms with van der Waals surface area (Å²) in [6.07, 6.45) is 28.7. The number of fused-ring (bicyclic) bond motifs is 1. The molecule has 0 aliphatic carbocycles. The number of unbranched alkanes of at least 4 members (excludes halogenated alkanes) is 21. The summed E-state index contributed by atoms with van der Waals surface area (Å²) in [6, 6.07) is 42.9. The molecular weight excluding hydrogens is 1740 g/mol. The molecule has 29 heteroatoms. The van der Waals surface area contributed by atoms with E-state index in [0.29, 0.717) is 90.7 Å². The topological polar surface area (TPSA) is 327 Å². The van der Waals surface area contributed by atoms with Crippen LogP contribution in [0.15, 0.2) is 165 Å². The molecule has 7 aromatic carbocycles. The molecule has 8 aromatic rings. The fraction of sp³-hybridized carbons (Fsp3) is 0.500. The third kappa shape index (κ3) is 33.1. The Bertz CT molecular complexity index is 5490. The number of amidine groups is 1. The van der Waals surface area contributed by atoms with Gasteiger partial charge in [0.15, 0.2) is 17.3 Å². The Kier molecular flexibility index (Phi) is 45.1. The quantitative estimate of drug-likeness (QED) is 0.00893. The Morgan fingerprint density at radius 1 is 0.570 bits per heavy atom. The third-order valence-corrected chi connectivity index (χ3v) is 25.3. The van der Waals surface area contributed by atoms with Crippen molar-refractivity contribution in [2.24, 2.45) is 20.4 Å². The Balaban J connectivity index is 0.000000335. The van der Waals surface area contributed by atoms with Crippen molar-refractivity contribution in [1.82, 2.24) is 19.5 Å². The molecule has 0 saturated heterocycles. The highest BCUT2D eigenvalue weighted by Gasteiger charge is 2.52. The lowest BCUT2D eigenvalue weighted by atomic mass is 9.79. The summed E-state index contributed by atoms with van der Waals surface area (Å²) in [6.45, 7) is 31.2. The van der Waals surface area contributed by atoms with Crippen LogP contribution in [0, 0.1) is 26.2 Å². The van der Waals surface area contributed by atoms with Crippen molar-refractivity contribution in [2.75, 3.05) is 95.8 Å². The normalized spacial score (nSPS) is 13.1. The number of nitrogens with one attached hydrogen (secondary N) is 6. The van der Waals surface area contributed by atoms with Gasteiger partial charge in [0.05, 0.1) is 51.7 Å². The molecule has 1 aliphatic rings. The molecule has 0 radical (unpaired) electrons. The number of ether oxygens (including phenoxy) is 2. The number of amides is 6. The van der Waals surface area contributed by atoms with E-state index in [1.54, 1.807) is 105 Å². The van der Waals surface area contributed by atoms with Gasteiger partial charge in [-0.15, -0.1) is 4.73 Å². The number of carbonyl (C=O) groups is 6. The summed E-state index contributed by atoms with van der Waals surface area (Å²) in [5, 5.41) is 16.5. The first-order chi connectivity index (χ1) is 64.9. The van der Waals surface area contributed by atoms with Gasteiger partial charge in [-0.05, 0) is 180 Å². The largest absolute Gasteiger partial charge is 0.465 e. The van der Waals surface area contributed by atoms with Crippen LogP contribution in [0.25, 0.3) is 10.9 Å². The van der Waals surface area contributed by atoms with Crippen molar-refractivity contribution >= 4 is 136 Å². The third-order valence-electron chi connectivity index (χ3n) is 24.2. The maximum Gasteiger partial charge on any atom is 0.294 e. The van der Waals surface area contributed by atoms with E-state index >= 15 is 0 Å². The molecule has 0 bridgehead atoms. The molecule has 0 spiro atoms. The number of halogens is 1. The van der Waals surface area contributed by atoms with Crippen molar-refractivity contribution in [1.29, 1.82) is 0 Å². The second-order valence-corrected chi connectivity index (χ2v) is 37.8. The van der Waals surface area contributed by atoms with Crippen molar-refractivity contribution in [3.05, 3.63) is 195 Å². The highest BCUT2D eigenvalue weighted by Crippen LogP contribution is 2.39. The van der Waals surface area contributed by atoms with E-state index in [4.69, 9.17) is 45.7 Å². The highest BCUT2D eigenvalue weighted by atomic mass is 35.5. The molecule has 1 unspecified atom stereocenters.